The van der Waals surface area contributed by atoms with Gasteiger partial charge < -0.3 is 0 Å². The third kappa shape index (κ3) is 2.97. The topological polar surface area (TPSA) is 63.2 Å². The molecule has 0 bridgehead atoms. The lowest BCUT2D eigenvalue weighted by Crippen LogP contribution is -2.30. The Morgan fingerprint density at radius 2 is 1.90 bits per heavy atom. The van der Waals surface area contributed by atoms with Gasteiger partial charge in [-0.25, -0.2) is 21.9 Å². The van der Waals surface area contributed by atoms with Crippen LogP contribution in [0.3, 0.4) is 0 Å². The molecule has 20 heavy (non-hydrogen) atoms. The Bertz CT molecular complexity index is 760. The number of halogens is 3. The summed E-state index contributed by atoms with van der Waals surface area (Å²) in [5, 5.41) is 1.13. The second-order valence-corrected chi connectivity index (χ2v) is 6.88. The first-order chi connectivity index (χ1) is 9.31. The van der Waals surface area contributed by atoms with E-state index in [1.807, 2.05) is 0 Å². The molecule has 1 N–H and O–H groups in total. The zero-order chi connectivity index (χ0) is 14.9. The molecule has 2 aromatic rings. The molecule has 1 aromatic carbocycles. The van der Waals surface area contributed by atoms with Crippen molar-refractivity contribution in [2.45, 2.75) is 4.21 Å². The van der Waals surface area contributed by atoms with Crippen molar-refractivity contribution >= 4 is 38.9 Å². The normalized spacial score (nSPS) is 11.3. The maximum absolute atomic E-state index is 13.1. The highest BCUT2D eigenvalue weighted by molar-refractivity contribution is 7.92. The van der Waals surface area contributed by atoms with Gasteiger partial charge in [0.25, 0.3) is 15.9 Å². The maximum atomic E-state index is 13.1. The van der Waals surface area contributed by atoms with E-state index in [0.29, 0.717) is 12.1 Å². The van der Waals surface area contributed by atoms with Gasteiger partial charge in [-0.2, -0.15) is 0 Å². The van der Waals surface area contributed by atoms with Crippen molar-refractivity contribution in [3.63, 3.8) is 0 Å². The molecule has 0 aliphatic rings. The van der Waals surface area contributed by atoms with Crippen molar-refractivity contribution in [2.75, 3.05) is 0 Å². The lowest BCUT2D eigenvalue weighted by atomic mass is 10.2. The fourth-order valence-corrected chi connectivity index (χ4v) is 3.54. The minimum atomic E-state index is -4.06. The van der Waals surface area contributed by atoms with Crippen molar-refractivity contribution in [1.29, 1.82) is 0 Å². The highest BCUT2D eigenvalue weighted by Crippen LogP contribution is 2.21. The lowest BCUT2D eigenvalue weighted by molar-refractivity contribution is 0.0981. The lowest BCUT2D eigenvalue weighted by Gasteiger charge is -2.07. The SMILES string of the molecule is O=C(NS(=O)(=O)c1cccs1)c1cc(F)c(F)cc1Cl. The second-order valence-electron chi connectivity index (χ2n) is 3.61. The average Bonchev–Trinajstić information content (AvgIpc) is 2.87. The van der Waals surface area contributed by atoms with Crippen LogP contribution in [0.5, 0.6) is 0 Å². The van der Waals surface area contributed by atoms with Crippen LogP contribution in [0.2, 0.25) is 5.02 Å². The van der Waals surface area contributed by atoms with Crippen LogP contribution in [0.4, 0.5) is 8.78 Å². The minimum absolute atomic E-state index is 0.0791. The van der Waals surface area contributed by atoms with Crippen molar-refractivity contribution in [1.82, 2.24) is 4.72 Å². The van der Waals surface area contributed by atoms with Crippen LogP contribution in [-0.2, 0) is 10.0 Å². The van der Waals surface area contributed by atoms with E-state index in [1.165, 1.54) is 17.5 Å². The molecule has 1 heterocycles. The van der Waals surface area contributed by atoms with Crippen LogP contribution in [0.1, 0.15) is 10.4 Å². The number of rotatable bonds is 3. The fourth-order valence-electron chi connectivity index (χ4n) is 1.34. The van der Waals surface area contributed by atoms with Gasteiger partial charge in [0.1, 0.15) is 4.21 Å². The average molecular weight is 338 g/mol. The van der Waals surface area contributed by atoms with Crippen LogP contribution in [-0.4, -0.2) is 14.3 Å². The van der Waals surface area contributed by atoms with Gasteiger partial charge in [-0.3, -0.25) is 4.79 Å². The van der Waals surface area contributed by atoms with Crippen LogP contribution >= 0.6 is 22.9 Å². The van der Waals surface area contributed by atoms with Gasteiger partial charge in [-0.05, 0) is 23.6 Å². The van der Waals surface area contributed by atoms with Crippen LogP contribution < -0.4 is 4.72 Å². The predicted octanol–water partition coefficient (Wildman–Crippen LogP) is 2.80. The molecular weight excluding hydrogens is 332 g/mol. The number of sulfonamides is 1. The number of carbonyl (C=O) groups is 1. The van der Waals surface area contributed by atoms with Gasteiger partial charge in [0.15, 0.2) is 11.6 Å². The first-order valence-electron chi connectivity index (χ1n) is 5.06. The van der Waals surface area contributed by atoms with Crippen LogP contribution in [0, 0.1) is 11.6 Å². The van der Waals surface area contributed by atoms with Crippen molar-refractivity contribution < 1.29 is 22.0 Å². The zero-order valence-corrected chi connectivity index (χ0v) is 12.0. The Labute approximate surface area is 122 Å². The van der Waals surface area contributed by atoms with E-state index in [9.17, 15) is 22.0 Å². The summed E-state index contributed by atoms with van der Waals surface area (Å²) >= 11 is 6.50. The van der Waals surface area contributed by atoms with Crippen LogP contribution in [0.25, 0.3) is 0 Å². The standard InChI is InChI=1S/C11H6ClF2NO3S2/c12-7-5-9(14)8(13)4-6(7)11(16)15-20(17,18)10-2-1-3-19-10/h1-5H,(H,15,16). The number of amides is 1. The smallest absolute Gasteiger partial charge is 0.268 e. The number of hydrogen-bond acceptors (Lipinski definition) is 4. The fraction of sp³-hybridized carbons (Fsp3) is 0. The molecule has 1 amide bonds. The minimum Gasteiger partial charge on any atom is -0.268 e. The Morgan fingerprint density at radius 1 is 1.25 bits per heavy atom. The molecule has 0 saturated carbocycles. The van der Waals surface area contributed by atoms with E-state index >= 15 is 0 Å². The highest BCUT2D eigenvalue weighted by atomic mass is 35.5. The molecule has 0 radical (unpaired) electrons. The molecule has 0 unspecified atom stereocenters. The van der Waals surface area contributed by atoms with Gasteiger partial charge in [-0.1, -0.05) is 17.7 Å². The molecule has 0 saturated heterocycles. The van der Waals surface area contributed by atoms with Gasteiger partial charge in [0.2, 0.25) is 0 Å². The molecule has 0 atom stereocenters. The molecule has 9 heteroatoms. The first kappa shape index (κ1) is 14.9. The van der Waals surface area contributed by atoms with E-state index in [-0.39, 0.29) is 9.23 Å². The molecular formula is C11H6ClF2NO3S2. The second kappa shape index (κ2) is 5.47. The van der Waals surface area contributed by atoms with Gasteiger partial charge in [0.05, 0.1) is 10.6 Å². The van der Waals surface area contributed by atoms with Crippen LogP contribution in [0.15, 0.2) is 33.9 Å². The summed E-state index contributed by atoms with van der Waals surface area (Å²) in [6.45, 7) is 0. The maximum Gasteiger partial charge on any atom is 0.273 e. The molecule has 0 aliphatic carbocycles. The number of carbonyl (C=O) groups excluding carboxylic acids is 1. The summed E-state index contributed by atoms with van der Waals surface area (Å²) in [7, 11) is -4.06. The van der Waals surface area contributed by atoms with Crippen molar-refractivity contribution in [2.24, 2.45) is 0 Å². The first-order valence-corrected chi connectivity index (χ1v) is 7.80. The van der Waals surface area contributed by atoms with Gasteiger partial charge >= 0.3 is 0 Å². The third-order valence-electron chi connectivity index (χ3n) is 2.24. The molecule has 0 spiro atoms. The summed E-state index contributed by atoms with van der Waals surface area (Å²) in [5.74, 6) is -3.66. The number of hydrogen-bond donors (Lipinski definition) is 1. The van der Waals surface area contributed by atoms with Crippen molar-refractivity contribution in [3.8, 4) is 0 Å². The molecule has 0 fully saturated rings. The Morgan fingerprint density at radius 3 is 2.50 bits per heavy atom. The molecule has 1 aromatic heterocycles. The predicted molar refractivity (Wildman–Crippen MR) is 70.3 cm³/mol. The van der Waals surface area contributed by atoms with Gasteiger partial charge in [-0.15, -0.1) is 11.3 Å². The summed E-state index contributed by atoms with van der Waals surface area (Å²) in [5.41, 5.74) is -0.467. The molecule has 2 rings (SSSR count). The molecule has 0 aliphatic heterocycles. The summed E-state index contributed by atoms with van der Waals surface area (Å²) in [6.07, 6.45) is 0. The van der Waals surface area contributed by atoms with Crippen molar-refractivity contribution in [3.05, 3.63) is 51.9 Å². The third-order valence-corrected chi connectivity index (χ3v) is 5.28. The Balaban J connectivity index is 2.32. The largest absolute Gasteiger partial charge is 0.273 e. The van der Waals surface area contributed by atoms with E-state index in [4.69, 9.17) is 11.6 Å². The van der Waals surface area contributed by atoms with E-state index in [1.54, 1.807) is 4.72 Å². The summed E-state index contributed by atoms with van der Waals surface area (Å²) in [6, 6.07) is 3.93. The van der Waals surface area contributed by atoms with Gasteiger partial charge in [0, 0.05) is 0 Å². The summed E-state index contributed by atoms with van der Waals surface area (Å²) < 4.78 is 51.2. The summed E-state index contributed by atoms with van der Waals surface area (Å²) in [4.78, 5) is 11.8. The van der Waals surface area contributed by atoms with E-state index in [0.717, 1.165) is 11.3 Å². The monoisotopic (exact) mass is 337 g/mol. The van der Waals surface area contributed by atoms with E-state index < -0.39 is 33.1 Å². The number of thiophene rings is 1. The Kier molecular flexibility index (Phi) is 4.07. The zero-order valence-electron chi connectivity index (χ0n) is 9.56. The Hall–Kier alpha value is -1.51. The highest BCUT2D eigenvalue weighted by Gasteiger charge is 2.22. The number of nitrogens with one attached hydrogen (secondary N) is 1. The quantitative estimate of drug-likeness (QED) is 0.876. The molecule has 4 nitrogen and oxygen atoms in total. The molecule has 106 valence electrons. The number of benzene rings is 1. The van der Waals surface area contributed by atoms with E-state index in [2.05, 4.69) is 0 Å².